The van der Waals surface area contributed by atoms with Crippen molar-refractivity contribution in [1.29, 1.82) is 0 Å². The van der Waals surface area contributed by atoms with E-state index in [1.165, 1.54) is 12.1 Å². The lowest BCUT2D eigenvalue weighted by molar-refractivity contribution is -0.131. The molecule has 0 unspecified atom stereocenters. The van der Waals surface area contributed by atoms with E-state index in [0.29, 0.717) is 43.4 Å². The largest absolute Gasteiger partial charge is 0.339 e. The molecule has 0 N–H and O–H groups in total. The number of rotatable bonds is 7. The topological polar surface area (TPSA) is 55.2 Å². The minimum absolute atomic E-state index is 0.00981. The van der Waals surface area contributed by atoms with Crippen molar-refractivity contribution >= 4 is 16.8 Å². The lowest BCUT2D eigenvalue weighted by Gasteiger charge is -2.21. The first-order valence-corrected chi connectivity index (χ1v) is 9.46. The number of carbonyl (C=O) groups excluding carboxylic acids is 1. The zero-order chi connectivity index (χ0) is 20.1. The van der Waals surface area contributed by atoms with Crippen molar-refractivity contribution in [2.45, 2.75) is 39.8 Å². The number of carbonyl (C=O) groups is 1. The van der Waals surface area contributed by atoms with Crippen LogP contribution >= 0.6 is 0 Å². The molecule has 0 aliphatic heterocycles. The van der Waals surface area contributed by atoms with Gasteiger partial charge in [0.05, 0.1) is 17.2 Å². The van der Waals surface area contributed by atoms with Crippen LogP contribution in [-0.2, 0) is 17.9 Å². The molecule has 0 atom stereocenters. The Kier molecular flexibility index (Phi) is 6.19. The Bertz CT molecular complexity index is 1050. The van der Waals surface area contributed by atoms with E-state index < -0.39 is 0 Å². The van der Waals surface area contributed by atoms with Crippen LogP contribution in [0.5, 0.6) is 0 Å². The second-order valence-corrected chi connectivity index (χ2v) is 6.86. The molecule has 1 amide bonds. The molecule has 3 rings (SSSR count). The summed E-state index contributed by atoms with van der Waals surface area (Å²) in [5.74, 6) is -0.316. The van der Waals surface area contributed by atoms with Crippen LogP contribution in [0.15, 0.2) is 53.6 Å². The number of halogens is 1. The van der Waals surface area contributed by atoms with E-state index in [0.717, 1.165) is 11.1 Å². The highest BCUT2D eigenvalue weighted by molar-refractivity contribution is 5.80. The lowest BCUT2D eigenvalue weighted by Crippen LogP contribution is -2.30. The first kappa shape index (κ1) is 19.7. The van der Waals surface area contributed by atoms with Crippen molar-refractivity contribution < 1.29 is 9.18 Å². The maximum absolute atomic E-state index is 13.3. The number of benzene rings is 2. The van der Waals surface area contributed by atoms with Crippen molar-refractivity contribution in [2.24, 2.45) is 0 Å². The van der Waals surface area contributed by atoms with Gasteiger partial charge in [0, 0.05) is 26.1 Å². The highest BCUT2D eigenvalue weighted by atomic mass is 19.1. The predicted molar refractivity (Wildman–Crippen MR) is 107 cm³/mol. The van der Waals surface area contributed by atoms with Gasteiger partial charge in [-0.05, 0) is 49.6 Å². The summed E-state index contributed by atoms with van der Waals surface area (Å²) >= 11 is 0. The van der Waals surface area contributed by atoms with Gasteiger partial charge in [0.2, 0.25) is 5.91 Å². The van der Waals surface area contributed by atoms with E-state index in [9.17, 15) is 14.0 Å². The second-order valence-electron chi connectivity index (χ2n) is 6.86. The fourth-order valence-corrected chi connectivity index (χ4v) is 3.29. The monoisotopic (exact) mass is 381 g/mol. The van der Waals surface area contributed by atoms with Crippen LogP contribution in [0.3, 0.4) is 0 Å². The summed E-state index contributed by atoms with van der Waals surface area (Å²) in [7, 11) is 0. The standard InChI is InChI=1S/C22H24FN3O2/c1-3-25(14-17-8-5-9-18(23)13-17)20(27)11-6-12-26-15-24-21-16(2)7-4-10-19(21)22(26)28/h4-5,7-10,13,15H,3,6,11-12,14H2,1-2H3. The van der Waals surface area contributed by atoms with Gasteiger partial charge in [-0.1, -0.05) is 24.3 Å². The number of aromatic nitrogens is 2. The van der Waals surface area contributed by atoms with Gasteiger partial charge in [-0.3, -0.25) is 14.2 Å². The molecule has 0 bridgehead atoms. The van der Waals surface area contributed by atoms with Gasteiger partial charge in [0.1, 0.15) is 5.82 Å². The number of para-hydroxylation sites is 1. The molecule has 2 aromatic carbocycles. The van der Waals surface area contributed by atoms with Gasteiger partial charge in [0.15, 0.2) is 0 Å². The van der Waals surface area contributed by atoms with Crippen LogP contribution in [0.25, 0.3) is 10.9 Å². The molecular formula is C22H24FN3O2. The molecule has 5 nitrogen and oxygen atoms in total. The van der Waals surface area contributed by atoms with Gasteiger partial charge < -0.3 is 4.90 Å². The van der Waals surface area contributed by atoms with Crippen LogP contribution in [0.4, 0.5) is 4.39 Å². The van der Waals surface area contributed by atoms with Crippen molar-refractivity contribution in [1.82, 2.24) is 14.5 Å². The fraction of sp³-hybridized carbons (Fsp3) is 0.318. The first-order chi connectivity index (χ1) is 13.5. The molecule has 0 aliphatic rings. The van der Waals surface area contributed by atoms with Gasteiger partial charge in [0.25, 0.3) is 5.56 Å². The van der Waals surface area contributed by atoms with E-state index in [1.807, 2.05) is 26.0 Å². The number of nitrogens with zero attached hydrogens (tertiary/aromatic N) is 3. The minimum atomic E-state index is -0.306. The number of fused-ring (bicyclic) bond motifs is 1. The number of amides is 1. The quantitative estimate of drug-likeness (QED) is 0.627. The maximum atomic E-state index is 13.3. The molecule has 146 valence electrons. The fourth-order valence-electron chi connectivity index (χ4n) is 3.29. The zero-order valence-corrected chi connectivity index (χ0v) is 16.2. The average molecular weight is 381 g/mol. The Hall–Kier alpha value is -3.02. The minimum Gasteiger partial charge on any atom is -0.339 e. The summed E-state index contributed by atoms with van der Waals surface area (Å²) < 4.78 is 14.9. The van der Waals surface area contributed by atoms with Crippen molar-refractivity contribution in [3.63, 3.8) is 0 Å². The first-order valence-electron chi connectivity index (χ1n) is 9.46. The lowest BCUT2D eigenvalue weighted by atomic mass is 10.1. The van der Waals surface area contributed by atoms with E-state index >= 15 is 0 Å². The third-order valence-corrected chi connectivity index (χ3v) is 4.84. The molecule has 6 heteroatoms. The highest BCUT2D eigenvalue weighted by Gasteiger charge is 2.13. The van der Waals surface area contributed by atoms with Crippen molar-refractivity contribution in [2.75, 3.05) is 6.54 Å². The predicted octanol–water partition coefficient (Wildman–Crippen LogP) is 3.67. The van der Waals surface area contributed by atoms with E-state index in [-0.39, 0.29) is 17.3 Å². The average Bonchev–Trinajstić information content (AvgIpc) is 2.68. The van der Waals surface area contributed by atoms with Crippen molar-refractivity contribution in [3.05, 3.63) is 76.1 Å². The van der Waals surface area contributed by atoms with Crippen LogP contribution in [0, 0.1) is 12.7 Å². The van der Waals surface area contributed by atoms with Crippen LogP contribution < -0.4 is 5.56 Å². The molecule has 0 saturated heterocycles. The number of aryl methyl sites for hydroxylation is 2. The third kappa shape index (κ3) is 4.44. The summed E-state index contributed by atoms with van der Waals surface area (Å²) in [5, 5.41) is 0.593. The molecule has 0 radical (unpaired) electrons. The maximum Gasteiger partial charge on any atom is 0.261 e. The third-order valence-electron chi connectivity index (χ3n) is 4.84. The molecule has 0 aliphatic carbocycles. The Morgan fingerprint density at radius 2 is 2.00 bits per heavy atom. The molecule has 0 fully saturated rings. The van der Waals surface area contributed by atoms with Crippen LogP contribution in [0.2, 0.25) is 0 Å². The van der Waals surface area contributed by atoms with Crippen LogP contribution in [-0.4, -0.2) is 26.9 Å². The smallest absolute Gasteiger partial charge is 0.261 e. The Morgan fingerprint density at radius 3 is 2.75 bits per heavy atom. The normalized spacial score (nSPS) is 11.0. The molecule has 3 aromatic rings. The Balaban J connectivity index is 1.62. The molecule has 0 saturated carbocycles. The SMILES string of the molecule is CCN(Cc1cccc(F)c1)C(=O)CCCn1cnc2c(C)cccc2c1=O. The van der Waals surface area contributed by atoms with Gasteiger partial charge >= 0.3 is 0 Å². The number of hydrogen-bond acceptors (Lipinski definition) is 3. The summed E-state index contributed by atoms with van der Waals surface area (Å²) in [6.45, 7) is 5.18. The van der Waals surface area contributed by atoms with Crippen molar-refractivity contribution in [3.8, 4) is 0 Å². The van der Waals surface area contributed by atoms with Gasteiger partial charge in [-0.25, -0.2) is 9.37 Å². The summed E-state index contributed by atoms with van der Waals surface area (Å²) in [6.07, 6.45) is 2.41. The number of hydrogen-bond donors (Lipinski definition) is 0. The van der Waals surface area contributed by atoms with E-state index in [2.05, 4.69) is 4.98 Å². The van der Waals surface area contributed by atoms with Crippen LogP contribution in [0.1, 0.15) is 30.9 Å². The van der Waals surface area contributed by atoms with Gasteiger partial charge in [-0.15, -0.1) is 0 Å². The molecule has 1 heterocycles. The summed E-state index contributed by atoms with van der Waals surface area (Å²) in [6, 6.07) is 11.8. The summed E-state index contributed by atoms with van der Waals surface area (Å²) in [4.78, 5) is 31.2. The molecule has 0 spiro atoms. The van der Waals surface area contributed by atoms with E-state index in [1.54, 1.807) is 34.0 Å². The van der Waals surface area contributed by atoms with Gasteiger partial charge in [-0.2, -0.15) is 0 Å². The van der Waals surface area contributed by atoms with E-state index in [4.69, 9.17) is 0 Å². The Labute approximate surface area is 163 Å². The highest BCUT2D eigenvalue weighted by Crippen LogP contribution is 2.12. The molecule has 1 aromatic heterocycles. The zero-order valence-electron chi connectivity index (χ0n) is 16.2. The Morgan fingerprint density at radius 1 is 1.21 bits per heavy atom. The molecular weight excluding hydrogens is 357 g/mol. The molecule has 28 heavy (non-hydrogen) atoms. The summed E-state index contributed by atoms with van der Waals surface area (Å²) in [5.41, 5.74) is 2.36. The second kappa shape index (κ2) is 8.78.